The molecule has 5 aromatic rings. The first kappa shape index (κ1) is 31.4. The predicted molar refractivity (Wildman–Crippen MR) is 181 cm³/mol. The van der Waals surface area contributed by atoms with E-state index in [0.717, 1.165) is 16.7 Å². The Morgan fingerprint density at radius 3 is 2.15 bits per heavy atom. The maximum atomic E-state index is 14.2. The molecule has 47 heavy (non-hydrogen) atoms. The van der Waals surface area contributed by atoms with Gasteiger partial charge in [0.05, 0.1) is 40.6 Å². The summed E-state index contributed by atoms with van der Waals surface area (Å²) in [6.07, 6.45) is 1.79. The van der Waals surface area contributed by atoms with Crippen LogP contribution in [0, 0.1) is 0 Å². The van der Waals surface area contributed by atoms with Gasteiger partial charge in [0.2, 0.25) is 0 Å². The van der Waals surface area contributed by atoms with Gasteiger partial charge in [0, 0.05) is 11.1 Å². The summed E-state index contributed by atoms with van der Waals surface area (Å²) in [5.74, 6) is -0.302. The molecule has 0 saturated heterocycles. The highest BCUT2D eigenvalue weighted by atomic mass is 32.1. The quantitative estimate of drug-likeness (QED) is 0.181. The number of hydrogen-bond acceptors (Lipinski definition) is 8. The molecule has 1 aromatic heterocycles. The lowest BCUT2D eigenvalue weighted by molar-refractivity contribution is -0.138. The Bertz CT molecular complexity index is 2120. The van der Waals surface area contributed by atoms with Crippen molar-refractivity contribution in [3.05, 3.63) is 162 Å². The number of ether oxygens (including phenoxy) is 3. The number of hydrogen-bond donors (Lipinski definition) is 0. The van der Waals surface area contributed by atoms with E-state index in [1.165, 1.54) is 11.3 Å². The molecule has 6 rings (SSSR count). The van der Waals surface area contributed by atoms with Crippen LogP contribution in [-0.2, 0) is 20.9 Å². The molecule has 0 unspecified atom stereocenters. The van der Waals surface area contributed by atoms with Crippen LogP contribution in [0.4, 0.5) is 0 Å². The lowest BCUT2D eigenvalue weighted by Gasteiger charge is -2.25. The zero-order chi connectivity index (χ0) is 32.8. The Labute approximate surface area is 275 Å². The zero-order valence-corrected chi connectivity index (χ0v) is 26.7. The number of carbonyl (C=O) groups is 2. The number of para-hydroxylation sites is 1. The normalized spacial score (nSPS) is 14.3. The molecule has 0 spiro atoms. The van der Waals surface area contributed by atoms with Crippen molar-refractivity contribution < 1.29 is 23.8 Å². The van der Waals surface area contributed by atoms with Crippen LogP contribution in [0.5, 0.6) is 5.75 Å². The van der Waals surface area contributed by atoms with Gasteiger partial charge in [0.15, 0.2) is 4.80 Å². The number of nitrogens with zero attached hydrogens (tertiary/aromatic N) is 2. The third-order valence-corrected chi connectivity index (χ3v) is 8.54. The number of benzene rings is 4. The Morgan fingerprint density at radius 1 is 0.809 bits per heavy atom. The predicted octanol–water partition coefficient (Wildman–Crippen LogP) is 5.69. The van der Waals surface area contributed by atoms with Gasteiger partial charge < -0.3 is 14.2 Å². The molecule has 1 aliphatic rings. The summed E-state index contributed by atoms with van der Waals surface area (Å²) in [4.78, 5) is 45.2. The molecular weight excluding hydrogens is 612 g/mol. The second-order valence-corrected chi connectivity index (χ2v) is 11.6. The van der Waals surface area contributed by atoms with E-state index in [1.54, 1.807) is 36.6 Å². The molecule has 1 atom stereocenters. The van der Waals surface area contributed by atoms with Gasteiger partial charge >= 0.3 is 11.9 Å². The first-order chi connectivity index (χ1) is 23.0. The van der Waals surface area contributed by atoms with Crippen LogP contribution in [0.3, 0.4) is 0 Å². The van der Waals surface area contributed by atoms with Gasteiger partial charge in [-0.25, -0.2) is 14.6 Å². The summed E-state index contributed by atoms with van der Waals surface area (Å²) in [6.45, 7) is 4.27. The molecule has 4 aromatic carbocycles. The van der Waals surface area contributed by atoms with Crippen molar-refractivity contribution in [3.8, 4) is 5.75 Å². The first-order valence-electron chi connectivity index (χ1n) is 15.3. The number of fused-ring (bicyclic) bond motifs is 1. The maximum Gasteiger partial charge on any atom is 0.338 e. The first-order valence-corrected chi connectivity index (χ1v) is 16.1. The van der Waals surface area contributed by atoms with Gasteiger partial charge in [-0.3, -0.25) is 9.36 Å². The molecule has 0 radical (unpaired) electrons. The molecular formula is C38H32N2O6S. The Morgan fingerprint density at radius 2 is 1.45 bits per heavy atom. The summed E-state index contributed by atoms with van der Waals surface area (Å²) in [5, 5.41) is 0. The Kier molecular flexibility index (Phi) is 9.54. The molecule has 9 heteroatoms. The molecule has 0 N–H and O–H groups in total. The number of rotatable bonds is 10. The molecule has 0 saturated carbocycles. The third-order valence-electron chi connectivity index (χ3n) is 7.55. The van der Waals surface area contributed by atoms with Gasteiger partial charge in [-0.1, -0.05) is 102 Å². The van der Waals surface area contributed by atoms with Crippen LogP contribution >= 0.6 is 11.3 Å². The average Bonchev–Trinajstić information content (AvgIpc) is 3.42. The third kappa shape index (κ3) is 6.71. The fourth-order valence-electron chi connectivity index (χ4n) is 5.38. The van der Waals surface area contributed by atoms with Gasteiger partial charge in [-0.2, -0.15) is 0 Å². The van der Waals surface area contributed by atoms with E-state index in [9.17, 15) is 14.4 Å². The van der Waals surface area contributed by atoms with Crippen LogP contribution in [0.25, 0.3) is 11.8 Å². The number of esters is 2. The Balaban J connectivity index is 1.42. The molecule has 0 amide bonds. The van der Waals surface area contributed by atoms with Crippen LogP contribution < -0.4 is 19.6 Å². The van der Waals surface area contributed by atoms with E-state index in [0.29, 0.717) is 44.1 Å². The summed E-state index contributed by atoms with van der Waals surface area (Å²) >= 11 is 1.25. The Hall–Kier alpha value is -5.54. The number of thiazole rings is 1. The minimum Gasteiger partial charge on any atom is -0.488 e. The van der Waals surface area contributed by atoms with Crippen molar-refractivity contribution in [1.82, 2.24) is 4.57 Å². The number of aromatic nitrogens is 1. The van der Waals surface area contributed by atoms with Crippen LogP contribution in [-0.4, -0.2) is 29.7 Å². The van der Waals surface area contributed by atoms with Crippen molar-refractivity contribution >= 4 is 35.0 Å². The standard InChI is InChI=1S/C38H32N2O6S/c1-3-44-36(42)28-21-19-25(20-22-28)24-46-30-18-12-11-17-29(30)23-31-35(41)40-34(27-15-9-6-10-16-27)32(37(43)45-4-2)33(39-38(40)47-31)26-13-7-5-8-14-26/h5-23,34H,3-4,24H2,1-2H3/b31-23-/t34-/m0/s1. The minimum atomic E-state index is -0.743. The van der Waals surface area contributed by atoms with E-state index >= 15 is 0 Å². The van der Waals surface area contributed by atoms with E-state index < -0.39 is 12.0 Å². The van der Waals surface area contributed by atoms with E-state index in [2.05, 4.69) is 0 Å². The van der Waals surface area contributed by atoms with Crippen LogP contribution in [0.2, 0.25) is 0 Å². The molecule has 2 heterocycles. The van der Waals surface area contributed by atoms with Crippen molar-refractivity contribution in [2.45, 2.75) is 26.5 Å². The fourth-order valence-corrected chi connectivity index (χ4v) is 6.37. The van der Waals surface area contributed by atoms with Crippen LogP contribution in [0.15, 0.2) is 125 Å². The highest BCUT2D eigenvalue weighted by Crippen LogP contribution is 2.35. The van der Waals surface area contributed by atoms with Gasteiger partial charge in [0.1, 0.15) is 12.4 Å². The van der Waals surface area contributed by atoms with Crippen molar-refractivity contribution in [2.75, 3.05) is 13.2 Å². The molecule has 1 aliphatic heterocycles. The SMILES string of the molecule is CCOC(=O)C1=C(c2ccccc2)N=c2s/c(=C\c3ccccc3OCc3ccc(C(=O)OCC)cc3)c(=O)n2[C@H]1c1ccccc1. The molecule has 8 nitrogen and oxygen atoms in total. The molecule has 236 valence electrons. The second kappa shape index (κ2) is 14.3. The van der Waals surface area contributed by atoms with Gasteiger partial charge in [-0.05, 0) is 49.2 Å². The lowest BCUT2D eigenvalue weighted by atomic mass is 9.93. The highest BCUT2D eigenvalue weighted by Gasteiger charge is 2.35. The van der Waals surface area contributed by atoms with Crippen molar-refractivity contribution in [1.29, 1.82) is 0 Å². The molecule has 0 fully saturated rings. The highest BCUT2D eigenvalue weighted by molar-refractivity contribution is 7.07. The summed E-state index contributed by atoms with van der Waals surface area (Å²) in [7, 11) is 0. The van der Waals surface area contributed by atoms with E-state index in [-0.39, 0.29) is 24.7 Å². The van der Waals surface area contributed by atoms with Gasteiger partial charge in [0.25, 0.3) is 5.56 Å². The average molecular weight is 645 g/mol. The topological polar surface area (TPSA) is 96.2 Å². The maximum absolute atomic E-state index is 14.2. The van der Waals surface area contributed by atoms with Crippen LogP contribution in [0.1, 0.15) is 52.5 Å². The summed E-state index contributed by atoms with van der Waals surface area (Å²) in [6, 6.07) is 32.7. The van der Waals surface area contributed by atoms with Crippen molar-refractivity contribution in [2.24, 2.45) is 4.99 Å². The largest absolute Gasteiger partial charge is 0.488 e. The number of carbonyl (C=O) groups excluding carboxylic acids is 2. The lowest BCUT2D eigenvalue weighted by Crippen LogP contribution is -2.40. The van der Waals surface area contributed by atoms with E-state index in [4.69, 9.17) is 19.2 Å². The minimum absolute atomic E-state index is 0.183. The van der Waals surface area contributed by atoms with E-state index in [1.807, 2.05) is 97.1 Å². The molecule has 0 aliphatic carbocycles. The zero-order valence-electron chi connectivity index (χ0n) is 25.9. The summed E-state index contributed by atoms with van der Waals surface area (Å²) < 4.78 is 18.8. The van der Waals surface area contributed by atoms with Gasteiger partial charge in [-0.15, -0.1) is 0 Å². The second-order valence-electron chi connectivity index (χ2n) is 10.6. The van der Waals surface area contributed by atoms with Crippen molar-refractivity contribution in [3.63, 3.8) is 0 Å². The smallest absolute Gasteiger partial charge is 0.338 e. The fraction of sp³-hybridized carbons (Fsp3) is 0.158. The summed E-state index contributed by atoms with van der Waals surface area (Å²) in [5.41, 5.74) is 4.08. The monoisotopic (exact) mass is 644 g/mol. The molecule has 0 bridgehead atoms.